The molecule has 0 amide bonds. The highest BCUT2D eigenvalue weighted by atomic mass is 16.3. The van der Waals surface area contributed by atoms with Crippen LogP contribution in [0.25, 0.3) is 0 Å². The first-order chi connectivity index (χ1) is 9.16. The minimum Gasteiger partial charge on any atom is -0.388 e. The van der Waals surface area contributed by atoms with Crippen molar-refractivity contribution in [1.29, 1.82) is 0 Å². The van der Waals surface area contributed by atoms with Crippen molar-refractivity contribution in [3.8, 4) is 0 Å². The zero-order valence-electron chi connectivity index (χ0n) is 12.3. The minimum absolute atomic E-state index is 0.432. The number of nitrogens with zero attached hydrogens (tertiary/aromatic N) is 2. The highest BCUT2D eigenvalue weighted by Crippen LogP contribution is 2.31. The number of hydrogen-bond acceptors (Lipinski definition) is 4. The summed E-state index contributed by atoms with van der Waals surface area (Å²) < 4.78 is 0. The smallest absolute Gasteiger partial charge is 0.0798 e. The Labute approximate surface area is 117 Å². The van der Waals surface area contributed by atoms with Crippen LogP contribution in [-0.4, -0.2) is 72.9 Å². The average molecular weight is 267 g/mol. The van der Waals surface area contributed by atoms with Gasteiger partial charge in [-0.1, -0.05) is 0 Å². The molecule has 3 saturated heterocycles. The molecule has 0 saturated carbocycles. The molecule has 2 unspecified atom stereocenters. The van der Waals surface area contributed by atoms with Crippen molar-refractivity contribution in [3.63, 3.8) is 0 Å². The van der Waals surface area contributed by atoms with Crippen LogP contribution < -0.4 is 5.32 Å². The normalized spacial score (nSPS) is 36.9. The molecule has 4 heteroatoms. The van der Waals surface area contributed by atoms with Gasteiger partial charge in [-0.3, -0.25) is 0 Å². The number of nitrogens with one attached hydrogen (secondary N) is 1. The predicted octanol–water partition coefficient (Wildman–Crippen LogP) is 0.517. The molecule has 0 aromatic carbocycles. The lowest BCUT2D eigenvalue weighted by Gasteiger charge is -2.48. The van der Waals surface area contributed by atoms with Crippen LogP contribution >= 0.6 is 0 Å². The standard InChI is InChI=1S/C15H29N3O/c1-17-9-2-3-13-11-18(10-4-14(13)17)12-15(19)5-7-16-8-6-15/h13-14,16,19H,2-12H2,1H3. The van der Waals surface area contributed by atoms with E-state index < -0.39 is 5.60 Å². The van der Waals surface area contributed by atoms with Crippen LogP contribution in [0.3, 0.4) is 0 Å². The summed E-state index contributed by atoms with van der Waals surface area (Å²) in [6, 6.07) is 0.799. The summed E-state index contributed by atoms with van der Waals surface area (Å²) in [4.78, 5) is 5.09. The Morgan fingerprint density at radius 3 is 2.79 bits per heavy atom. The number of hydrogen-bond donors (Lipinski definition) is 2. The van der Waals surface area contributed by atoms with E-state index in [1.54, 1.807) is 0 Å². The van der Waals surface area contributed by atoms with Gasteiger partial charge in [0.25, 0.3) is 0 Å². The van der Waals surface area contributed by atoms with Gasteiger partial charge in [-0.2, -0.15) is 0 Å². The summed E-state index contributed by atoms with van der Waals surface area (Å²) in [5.74, 6) is 0.831. The molecule has 0 aromatic heterocycles. The molecular formula is C15H29N3O. The first-order valence-corrected chi connectivity index (χ1v) is 8.02. The van der Waals surface area contributed by atoms with E-state index >= 15 is 0 Å². The van der Waals surface area contributed by atoms with Crippen LogP contribution in [-0.2, 0) is 0 Å². The van der Waals surface area contributed by atoms with Crippen LogP contribution in [0.2, 0.25) is 0 Å². The summed E-state index contributed by atoms with van der Waals surface area (Å²) in [7, 11) is 2.28. The lowest BCUT2D eigenvalue weighted by atomic mass is 9.83. The van der Waals surface area contributed by atoms with Crippen molar-refractivity contribution >= 4 is 0 Å². The first-order valence-electron chi connectivity index (χ1n) is 8.02. The second kappa shape index (κ2) is 5.68. The molecule has 0 spiro atoms. The highest BCUT2D eigenvalue weighted by Gasteiger charge is 2.37. The molecule has 3 aliphatic heterocycles. The molecule has 4 nitrogen and oxygen atoms in total. The number of piperidine rings is 3. The lowest BCUT2D eigenvalue weighted by molar-refractivity contribution is -0.0444. The third-order valence-corrected chi connectivity index (χ3v) is 5.48. The topological polar surface area (TPSA) is 38.7 Å². The zero-order chi connectivity index (χ0) is 13.3. The SMILES string of the molecule is CN1CCCC2CN(CC3(O)CCNCC3)CCC21. The van der Waals surface area contributed by atoms with Gasteiger partial charge in [-0.25, -0.2) is 0 Å². The molecule has 2 atom stereocenters. The fourth-order valence-corrected chi connectivity index (χ4v) is 4.34. The van der Waals surface area contributed by atoms with E-state index in [0.717, 1.165) is 44.4 Å². The molecule has 0 aliphatic carbocycles. The Morgan fingerprint density at radius 1 is 1.21 bits per heavy atom. The van der Waals surface area contributed by atoms with E-state index in [1.807, 2.05) is 0 Å². The maximum Gasteiger partial charge on any atom is 0.0798 e. The van der Waals surface area contributed by atoms with Crippen molar-refractivity contribution < 1.29 is 5.11 Å². The van der Waals surface area contributed by atoms with Gasteiger partial charge in [0, 0.05) is 19.1 Å². The summed E-state index contributed by atoms with van der Waals surface area (Å²) in [6.07, 6.45) is 5.84. The Kier molecular flexibility index (Phi) is 4.13. The maximum atomic E-state index is 10.7. The molecule has 2 N–H and O–H groups in total. The Balaban J connectivity index is 1.55. The third-order valence-electron chi connectivity index (χ3n) is 5.48. The molecule has 110 valence electrons. The van der Waals surface area contributed by atoms with E-state index in [1.165, 1.54) is 38.9 Å². The van der Waals surface area contributed by atoms with E-state index in [2.05, 4.69) is 22.2 Å². The van der Waals surface area contributed by atoms with E-state index in [-0.39, 0.29) is 0 Å². The van der Waals surface area contributed by atoms with E-state index in [4.69, 9.17) is 0 Å². The lowest BCUT2D eigenvalue weighted by Crippen LogP contribution is -2.56. The van der Waals surface area contributed by atoms with Crippen molar-refractivity contribution in [3.05, 3.63) is 0 Å². The van der Waals surface area contributed by atoms with E-state index in [0.29, 0.717) is 0 Å². The molecule has 3 heterocycles. The molecule has 0 radical (unpaired) electrons. The van der Waals surface area contributed by atoms with Gasteiger partial charge >= 0.3 is 0 Å². The zero-order valence-corrected chi connectivity index (χ0v) is 12.3. The number of rotatable bonds is 2. The van der Waals surface area contributed by atoms with Gasteiger partial charge in [0.05, 0.1) is 5.60 Å². The van der Waals surface area contributed by atoms with Gasteiger partial charge < -0.3 is 20.2 Å². The Hall–Kier alpha value is -0.160. The van der Waals surface area contributed by atoms with Crippen LogP contribution in [0.15, 0.2) is 0 Å². The van der Waals surface area contributed by atoms with Crippen LogP contribution in [0.4, 0.5) is 0 Å². The minimum atomic E-state index is -0.432. The molecular weight excluding hydrogens is 238 g/mol. The summed E-state index contributed by atoms with van der Waals surface area (Å²) >= 11 is 0. The monoisotopic (exact) mass is 267 g/mol. The van der Waals surface area contributed by atoms with Crippen molar-refractivity contribution in [1.82, 2.24) is 15.1 Å². The molecule has 0 aromatic rings. The molecule has 3 fully saturated rings. The van der Waals surface area contributed by atoms with Gasteiger partial charge in [-0.05, 0) is 71.2 Å². The van der Waals surface area contributed by atoms with E-state index in [9.17, 15) is 5.11 Å². The van der Waals surface area contributed by atoms with Gasteiger partial charge in [0.1, 0.15) is 0 Å². The number of likely N-dealkylation sites (tertiary alicyclic amines) is 2. The van der Waals surface area contributed by atoms with Crippen LogP contribution in [0.5, 0.6) is 0 Å². The second-order valence-corrected chi connectivity index (χ2v) is 6.95. The number of fused-ring (bicyclic) bond motifs is 1. The van der Waals surface area contributed by atoms with Crippen molar-refractivity contribution in [2.24, 2.45) is 5.92 Å². The quantitative estimate of drug-likeness (QED) is 0.765. The van der Waals surface area contributed by atoms with Crippen molar-refractivity contribution in [2.75, 3.05) is 46.3 Å². The molecule has 0 bridgehead atoms. The number of aliphatic hydroxyl groups is 1. The van der Waals surface area contributed by atoms with Crippen LogP contribution in [0.1, 0.15) is 32.1 Å². The first kappa shape index (κ1) is 13.8. The largest absolute Gasteiger partial charge is 0.388 e. The molecule has 3 rings (SSSR count). The van der Waals surface area contributed by atoms with Crippen molar-refractivity contribution in [2.45, 2.75) is 43.7 Å². The maximum absolute atomic E-state index is 10.7. The fourth-order valence-electron chi connectivity index (χ4n) is 4.34. The summed E-state index contributed by atoms with van der Waals surface area (Å²) in [5.41, 5.74) is -0.432. The predicted molar refractivity (Wildman–Crippen MR) is 77.3 cm³/mol. The molecule has 19 heavy (non-hydrogen) atoms. The molecule has 3 aliphatic rings. The summed E-state index contributed by atoms with van der Waals surface area (Å²) in [5, 5.41) is 14.0. The summed E-state index contributed by atoms with van der Waals surface area (Å²) in [6.45, 7) is 6.47. The van der Waals surface area contributed by atoms with Gasteiger partial charge in [0.2, 0.25) is 0 Å². The van der Waals surface area contributed by atoms with Gasteiger partial charge in [-0.15, -0.1) is 0 Å². The Morgan fingerprint density at radius 2 is 2.00 bits per heavy atom. The Bertz CT molecular complexity index is 304. The fraction of sp³-hybridized carbons (Fsp3) is 1.00. The van der Waals surface area contributed by atoms with Gasteiger partial charge in [0.15, 0.2) is 0 Å². The average Bonchev–Trinajstić information content (AvgIpc) is 2.39. The third kappa shape index (κ3) is 3.13. The number of β-amino-alcohol motifs (C(OH)–C–C–N with tert-alkyl or cyclic N) is 1. The van der Waals surface area contributed by atoms with Crippen LogP contribution in [0, 0.1) is 5.92 Å². The second-order valence-electron chi connectivity index (χ2n) is 6.95. The highest BCUT2D eigenvalue weighted by molar-refractivity contribution is 4.93.